The summed E-state index contributed by atoms with van der Waals surface area (Å²) in [4.78, 5) is 2.42. The lowest BCUT2D eigenvalue weighted by Gasteiger charge is -2.19. The molecule has 5 nitrogen and oxygen atoms in total. The average molecular weight is 239 g/mol. The summed E-state index contributed by atoms with van der Waals surface area (Å²) in [5.74, 6) is 0.643. The van der Waals surface area contributed by atoms with Crippen LogP contribution < -0.4 is 11.1 Å². The van der Waals surface area contributed by atoms with Crippen LogP contribution in [0, 0.1) is 0 Å². The molecule has 88 valence electrons. The van der Waals surface area contributed by atoms with Crippen molar-refractivity contribution in [1.29, 1.82) is 0 Å². The van der Waals surface area contributed by atoms with Gasteiger partial charge in [-0.05, 0) is 27.1 Å². The van der Waals surface area contributed by atoms with Crippen LogP contribution >= 0.6 is 12.2 Å². The van der Waals surface area contributed by atoms with E-state index < -0.39 is 0 Å². The van der Waals surface area contributed by atoms with Crippen LogP contribution in [-0.2, 0) is 0 Å². The minimum absolute atomic E-state index is 0.250. The van der Waals surface area contributed by atoms with Crippen LogP contribution in [0.15, 0.2) is 12.3 Å². The van der Waals surface area contributed by atoms with Gasteiger partial charge in [-0.25, -0.2) is 0 Å². The van der Waals surface area contributed by atoms with Gasteiger partial charge >= 0.3 is 0 Å². The molecule has 0 aromatic carbocycles. The third kappa shape index (κ3) is 3.71. The molecule has 0 radical (unpaired) electrons. The summed E-state index contributed by atoms with van der Waals surface area (Å²) in [6.45, 7) is 2.96. The Labute approximate surface area is 101 Å². The number of likely N-dealkylation sites (N-methyl/N-ethyl adjacent to an activating group) is 1. The van der Waals surface area contributed by atoms with Crippen LogP contribution in [0.4, 0.5) is 5.82 Å². The predicted octanol–water partition coefficient (Wildman–Crippen LogP) is 0.473. The fraction of sp³-hybridized carbons (Fsp3) is 0.500. The van der Waals surface area contributed by atoms with Crippen molar-refractivity contribution in [3.63, 3.8) is 0 Å². The van der Waals surface area contributed by atoms with Gasteiger partial charge in [0, 0.05) is 12.6 Å². The summed E-state index contributed by atoms with van der Waals surface area (Å²) in [6.07, 6.45) is 1.58. The lowest BCUT2D eigenvalue weighted by Crippen LogP contribution is -2.31. The molecule has 0 spiro atoms. The van der Waals surface area contributed by atoms with Crippen molar-refractivity contribution in [2.45, 2.75) is 13.0 Å². The fourth-order valence-corrected chi connectivity index (χ4v) is 1.63. The molecule has 0 fully saturated rings. The second kappa shape index (κ2) is 5.72. The number of nitrogens with two attached hydrogens (primary N) is 1. The molecular formula is C10H17N5S. The van der Waals surface area contributed by atoms with Gasteiger partial charge in [-0.3, -0.25) is 0 Å². The van der Waals surface area contributed by atoms with Gasteiger partial charge in [-0.15, -0.1) is 5.10 Å². The van der Waals surface area contributed by atoms with E-state index in [0.29, 0.717) is 10.8 Å². The van der Waals surface area contributed by atoms with Crippen molar-refractivity contribution < 1.29 is 0 Å². The van der Waals surface area contributed by atoms with E-state index in [-0.39, 0.29) is 6.04 Å². The smallest absolute Gasteiger partial charge is 0.159 e. The van der Waals surface area contributed by atoms with Crippen LogP contribution in [0.1, 0.15) is 12.5 Å². The zero-order valence-electron chi connectivity index (χ0n) is 9.77. The molecule has 1 unspecified atom stereocenters. The average Bonchev–Trinajstić information content (AvgIpc) is 2.16. The topological polar surface area (TPSA) is 67.1 Å². The van der Waals surface area contributed by atoms with Crippen LogP contribution in [0.25, 0.3) is 0 Å². The van der Waals surface area contributed by atoms with Crippen molar-refractivity contribution in [3.05, 3.63) is 17.8 Å². The minimum Gasteiger partial charge on any atom is -0.389 e. The SMILES string of the molecule is CC(CN(C)C)Nc1nnccc1C(N)=S. The summed E-state index contributed by atoms with van der Waals surface area (Å²) in [5.41, 5.74) is 6.34. The van der Waals surface area contributed by atoms with E-state index in [4.69, 9.17) is 18.0 Å². The van der Waals surface area contributed by atoms with Gasteiger partial charge in [0.25, 0.3) is 0 Å². The quantitative estimate of drug-likeness (QED) is 0.728. The molecule has 1 atom stereocenters. The highest BCUT2D eigenvalue weighted by Crippen LogP contribution is 2.11. The van der Waals surface area contributed by atoms with E-state index in [1.807, 2.05) is 14.1 Å². The zero-order chi connectivity index (χ0) is 12.1. The third-order valence-corrected chi connectivity index (χ3v) is 2.23. The monoisotopic (exact) mass is 239 g/mol. The number of aromatic nitrogens is 2. The summed E-state index contributed by atoms with van der Waals surface area (Å²) in [5, 5.41) is 11.1. The van der Waals surface area contributed by atoms with Crippen molar-refractivity contribution in [2.75, 3.05) is 26.0 Å². The Balaban J connectivity index is 2.76. The molecule has 0 aliphatic carbocycles. The first kappa shape index (κ1) is 12.8. The number of thiocarbonyl (C=S) groups is 1. The number of hydrogen-bond acceptors (Lipinski definition) is 5. The molecule has 16 heavy (non-hydrogen) atoms. The maximum Gasteiger partial charge on any atom is 0.159 e. The van der Waals surface area contributed by atoms with Gasteiger partial charge in [0.15, 0.2) is 5.82 Å². The second-order valence-corrected chi connectivity index (χ2v) is 4.41. The van der Waals surface area contributed by atoms with Gasteiger partial charge < -0.3 is 16.0 Å². The summed E-state index contributed by atoms with van der Waals surface area (Å²) >= 11 is 4.95. The van der Waals surface area contributed by atoms with Crippen LogP contribution in [0.2, 0.25) is 0 Å². The van der Waals surface area contributed by atoms with E-state index in [1.54, 1.807) is 12.3 Å². The van der Waals surface area contributed by atoms with E-state index >= 15 is 0 Å². The maximum atomic E-state index is 5.60. The lowest BCUT2D eigenvalue weighted by molar-refractivity contribution is 0.391. The van der Waals surface area contributed by atoms with Crippen molar-refractivity contribution in [2.24, 2.45) is 5.73 Å². The summed E-state index contributed by atoms with van der Waals surface area (Å²) in [7, 11) is 4.03. The molecule has 1 aromatic heterocycles. The highest BCUT2D eigenvalue weighted by Gasteiger charge is 2.10. The molecule has 1 heterocycles. The van der Waals surface area contributed by atoms with Crippen molar-refractivity contribution >= 4 is 23.0 Å². The second-order valence-electron chi connectivity index (χ2n) is 3.97. The van der Waals surface area contributed by atoms with Gasteiger partial charge in [-0.2, -0.15) is 5.10 Å². The Morgan fingerprint density at radius 1 is 1.62 bits per heavy atom. The Kier molecular flexibility index (Phi) is 4.57. The highest BCUT2D eigenvalue weighted by molar-refractivity contribution is 7.80. The van der Waals surface area contributed by atoms with E-state index in [9.17, 15) is 0 Å². The molecule has 1 aromatic rings. The van der Waals surface area contributed by atoms with Crippen molar-refractivity contribution in [1.82, 2.24) is 15.1 Å². The van der Waals surface area contributed by atoms with E-state index in [0.717, 1.165) is 12.1 Å². The van der Waals surface area contributed by atoms with Crippen LogP contribution in [0.5, 0.6) is 0 Å². The van der Waals surface area contributed by atoms with Gasteiger partial charge in [0.1, 0.15) is 4.99 Å². The largest absolute Gasteiger partial charge is 0.389 e. The molecular weight excluding hydrogens is 222 g/mol. The molecule has 0 aliphatic heterocycles. The molecule has 0 bridgehead atoms. The molecule has 3 N–H and O–H groups in total. The van der Waals surface area contributed by atoms with Gasteiger partial charge in [-0.1, -0.05) is 12.2 Å². The molecule has 0 amide bonds. The first-order valence-electron chi connectivity index (χ1n) is 5.03. The number of anilines is 1. The Bertz CT molecular complexity index is 366. The summed E-state index contributed by atoms with van der Waals surface area (Å²) in [6, 6.07) is 2.01. The Morgan fingerprint density at radius 3 is 2.88 bits per heavy atom. The van der Waals surface area contributed by atoms with Gasteiger partial charge in [0.05, 0.1) is 11.8 Å². The number of nitrogens with zero attached hydrogens (tertiary/aromatic N) is 3. The van der Waals surface area contributed by atoms with E-state index in [1.165, 1.54) is 0 Å². The number of rotatable bonds is 5. The number of nitrogens with one attached hydrogen (secondary N) is 1. The zero-order valence-corrected chi connectivity index (χ0v) is 10.6. The third-order valence-electron chi connectivity index (χ3n) is 2.01. The normalized spacial score (nSPS) is 12.5. The minimum atomic E-state index is 0.250. The fourth-order valence-electron chi connectivity index (χ4n) is 1.46. The standard InChI is InChI=1S/C10H17N5S/c1-7(6-15(2)3)13-10-8(9(11)16)4-5-12-14-10/h4-5,7H,6H2,1-3H3,(H2,11,16)(H,13,14). The lowest BCUT2D eigenvalue weighted by atomic mass is 10.2. The highest BCUT2D eigenvalue weighted by atomic mass is 32.1. The molecule has 1 rings (SSSR count). The molecule has 0 aliphatic rings. The molecule has 6 heteroatoms. The number of hydrogen-bond donors (Lipinski definition) is 2. The first-order chi connectivity index (χ1) is 7.50. The Hall–Kier alpha value is -1.27. The first-order valence-corrected chi connectivity index (χ1v) is 5.44. The maximum absolute atomic E-state index is 5.60. The molecule has 0 saturated heterocycles. The van der Waals surface area contributed by atoms with Crippen LogP contribution in [-0.4, -0.2) is 46.8 Å². The molecule has 0 saturated carbocycles. The predicted molar refractivity (Wildman–Crippen MR) is 69.6 cm³/mol. The van der Waals surface area contributed by atoms with Crippen molar-refractivity contribution in [3.8, 4) is 0 Å². The van der Waals surface area contributed by atoms with Gasteiger partial charge in [0.2, 0.25) is 0 Å². The Morgan fingerprint density at radius 2 is 2.31 bits per heavy atom. The van der Waals surface area contributed by atoms with E-state index in [2.05, 4.69) is 27.3 Å². The summed E-state index contributed by atoms with van der Waals surface area (Å²) < 4.78 is 0. The van der Waals surface area contributed by atoms with Crippen LogP contribution in [0.3, 0.4) is 0 Å².